The number of pyridine rings is 1. The van der Waals surface area contributed by atoms with Crippen LogP contribution in [0.4, 0.5) is 17.3 Å². The van der Waals surface area contributed by atoms with Crippen LogP contribution in [0.1, 0.15) is 49.4 Å². The van der Waals surface area contributed by atoms with Crippen LogP contribution in [0.25, 0.3) is 16.6 Å². The fourth-order valence-corrected chi connectivity index (χ4v) is 6.26. The molecule has 214 valence electrons. The number of aryl methyl sites for hydroxylation is 1. The zero-order valence-corrected chi connectivity index (χ0v) is 24.3. The Morgan fingerprint density at radius 3 is 2.63 bits per heavy atom. The lowest BCUT2D eigenvalue weighted by atomic mass is 10.0. The van der Waals surface area contributed by atoms with Gasteiger partial charge in [0.2, 0.25) is 5.95 Å². The van der Waals surface area contributed by atoms with Crippen molar-refractivity contribution in [3.63, 3.8) is 0 Å². The van der Waals surface area contributed by atoms with Crippen LogP contribution in [0, 0.1) is 0 Å². The number of hydrogen-bond acceptors (Lipinski definition) is 7. The molecule has 1 aromatic carbocycles. The van der Waals surface area contributed by atoms with Crippen molar-refractivity contribution in [2.24, 2.45) is 7.05 Å². The Kier molecular flexibility index (Phi) is 7.89. The van der Waals surface area contributed by atoms with E-state index in [1.54, 1.807) is 0 Å². The second kappa shape index (κ2) is 11.9. The smallest absolute Gasteiger partial charge is 0.276 e. The van der Waals surface area contributed by atoms with Gasteiger partial charge in [-0.1, -0.05) is 18.2 Å². The summed E-state index contributed by atoms with van der Waals surface area (Å²) in [6, 6.07) is 12.5. The normalized spacial score (nSPS) is 17.1. The number of nitrogens with one attached hydrogen (secondary N) is 3. The van der Waals surface area contributed by atoms with Crippen molar-refractivity contribution in [2.75, 3.05) is 49.5 Å². The van der Waals surface area contributed by atoms with Gasteiger partial charge in [0, 0.05) is 68.3 Å². The number of aromatic nitrogens is 4. The summed E-state index contributed by atoms with van der Waals surface area (Å²) >= 11 is 0. The minimum atomic E-state index is -0.0233. The van der Waals surface area contributed by atoms with E-state index in [2.05, 4.69) is 93.9 Å². The number of fused-ring (bicyclic) bond motifs is 1. The first-order chi connectivity index (χ1) is 20.1. The Bertz CT molecular complexity index is 1610. The average molecular weight is 553 g/mol. The maximum absolute atomic E-state index is 14.1. The van der Waals surface area contributed by atoms with Gasteiger partial charge in [-0.25, -0.2) is 4.98 Å². The van der Waals surface area contributed by atoms with Crippen LogP contribution < -0.4 is 26.4 Å². The molecule has 9 heteroatoms. The fraction of sp³-hybridized carbons (Fsp3) is 0.406. The van der Waals surface area contributed by atoms with Crippen molar-refractivity contribution >= 4 is 33.9 Å². The lowest BCUT2D eigenvalue weighted by Gasteiger charge is -2.23. The molecule has 0 radical (unpaired) electrons. The number of nitrogens with zero attached hydrogens (tertiary/aromatic N) is 5. The van der Waals surface area contributed by atoms with E-state index in [1.807, 2.05) is 16.8 Å². The monoisotopic (exact) mass is 552 g/mol. The van der Waals surface area contributed by atoms with Crippen molar-refractivity contribution < 1.29 is 0 Å². The number of anilines is 3. The van der Waals surface area contributed by atoms with E-state index >= 15 is 0 Å². The molecule has 6 rings (SSSR count). The molecular weight excluding hydrogens is 512 g/mol. The second-order valence-corrected chi connectivity index (χ2v) is 11.0. The lowest BCUT2D eigenvalue weighted by Crippen LogP contribution is -2.33. The number of hydrogen-bond donors (Lipinski definition) is 3. The van der Waals surface area contributed by atoms with Gasteiger partial charge >= 0.3 is 0 Å². The maximum atomic E-state index is 14.1. The van der Waals surface area contributed by atoms with Gasteiger partial charge in [-0.05, 0) is 80.7 Å². The first-order valence-electron chi connectivity index (χ1n) is 14.8. The van der Waals surface area contributed by atoms with Crippen LogP contribution in [0.15, 0.2) is 59.7 Å². The van der Waals surface area contributed by atoms with Gasteiger partial charge in [0.1, 0.15) is 11.3 Å². The molecule has 1 fully saturated rings. The van der Waals surface area contributed by atoms with Crippen LogP contribution in [0.3, 0.4) is 0 Å². The van der Waals surface area contributed by atoms with Gasteiger partial charge in [0.25, 0.3) is 5.56 Å². The van der Waals surface area contributed by atoms with Crippen LogP contribution in [-0.2, 0) is 13.6 Å². The van der Waals surface area contributed by atoms with Crippen LogP contribution in [-0.4, -0.2) is 58.4 Å². The topological polar surface area (TPSA) is 92.0 Å². The molecule has 0 spiro atoms. The summed E-state index contributed by atoms with van der Waals surface area (Å²) in [4.78, 5) is 25.7. The van der Waals surface area contributed by atoms with Gasteiger partial charge in [-0.15, -0.1) is 0 Å². The predicted molar refractivity (Wildman–Crippen MR) is 167 cm³/mol. The van der Waals surface area contributed by atoms with E-state index in [0.717, 1.165) is 68.7 Å². The summed E-state index contributed by atoms with van der Waals surface area (Å²) in [7, 11) is 2.10. The van der Waals surface area contributed by atoms with Gasteiger partial charge < -0.3 is 25.4 Å². The van der Waals surface area contributed by atoms with E-state index in [9.17, 15) is 4.79 Å². The van der Waals surface area contributed by atoms with E-state index < -0.39 is 0 Å². The molecule has 1 saturated heterocycles. The fourth-order valence-electron chi connectivity index (χ4n) is 6.26. The van der Waals surface area contributed by atoms with Crippen molar-refractivity contribution in [1.82, 2.24) is 29.7 Å². The number of benzene rings is 1. The molecule has 3 aromatic heterocycles. The first kappa shape index (κ1) is 27.2. The Balaban J connectivity index is 1.38. The Labute approximate surface area is 241 Å². The molecule has 3 N–H and O–H groups in total. The molecule has 1 atom stereocenters. The van der Waals surface area contributed by atoms with Crippen molar-refractivity contribution in [2.45, 2.75) is 39.2 Å². The molecule has 2 aliphatic heterocycles. The standard InChI is InChI=1S/C32H40N8O/c1-4-39(5-2)28-18-26-20-35-32(36-27-8-6-22(7-9-27)23-10-14-33-15-11-23)37-30(26)40(31(28)41)21-25-13-17-38(3)29(25)24-12-16-34-19-24/h6-10,13,17-18,20,24,33-34H,4-5,11-12,14-16,19,21H2,1-3H3,(H,35,36,37). The highest BCUT2D eigenvalue weighted by Crippen LogP contribution is 2.28. The zero-order valence-electron chi connectivity index (χ0n) is 24.3. The van der Waals surface area contributed by atoms with Gasteiger partial charge in [-0.2, -0.15) is 4.98 Å². The largest absolute Gasteiger partial charge is 0.368 e. The summed E-state index contributed by atoms with van der Waals surface area (Å²) in [5.74, 6) is 0.914. The molecule has 0 amide bonds. The zero-order chi connectivity index (χ0) is 28.3. The quantitative estimate of drug-likeness (QED) is 0.286. The second-order valence-electron chi connectivity index (χ2n) is 11.0. The highest BCUT2D eigenvalue weighted by Gasteiger charge is 2.24. The summed E-state index contributed by atoms with van der Waals surface area (Å²) in [6.45, 7) is 10.0. The molecule has 1 unspecified atom stereocenters. The molecule has 5 heterocycles. The van der Waals surface area contributed by atoms with E-state index in [-0.39, 0.29) is 5.56 Å². The highest BCUT2D eigenvalue weighted by molar-refractivity contribution is 5.80. The third-order valence-corrected chi connectivity index (χ3v) is 8.47. The highest BCUT2D eigenvalue weighted by atomic mass is 16.1. The third kappa shape index (κ3) is 5.52. The molecule has 2 aliphatic rings. The molecule has 0 aliphatic carbocycles. The lowest BCUT2D eigenvalue weighted by molar-refractivity contribution is 0.661. The van der Waals surface area contributed by atoms with Crippen LogP contribution >= 0.6 is 0 Å². The predicted octanol–water partition coefficient (Wildman–Crippen LogP) is 4.22. The van der Waals surface area contributed by atoms with Gasteiger partial charge in [0.05, 0.1) is 6.54 Å². The van der Waals surface area contributed by atoms with Crippen LogP contribution in [0.2, 0.25) is 0 Å². The summed E-state index contributed by atoms with van der Waals surface area (Å²) in [5, 5.41) is 11.1. The van der Waals surface area contributed by atoms with Crippen molar-refractivity contribution in [3.8, 4) is 0 Å². The Hall–Kier alpha value is -3.95. The van der Waals surface area contributed by atoms with E-state index in [4.69, 9.17) is 4.98 Å². The molecule has 4 aromatic rings. The van der Waals surface area contributed by atoms with E-state index in [0.29, 0.717) is 29.7 Å². The minimum Gasteiger partial charge on any atom is -0.368 e. The van der Waals surface area contributed by atoms with Crippen molar-refractivity contribution in [1.29, 1.82) is 0 Å². The average Bonchev–Trinajstić information content (AvgIpc) is 3.66. The molecular formula is C32H40N8O. The minimum absolute atomic E-state index is 0.0233. The van der Waals surface area contributed by atoms with Gasteiger partial charge in [-0.3, -0.25) is 9.36 Å². The van der Waals surface area contributed by atoms with Crippen molar-refractivity contribution in [3.05, 3.63) is 82.0 Å². The molecule has 0 saturated carbocycles. The SMILES string of the molecule is CCN(CC)c1cc2cnc(Nc3ccc(C4=CCNCC4)cc3)nc2n(Cc2ccn(C)c2C2CCNC2)c1=O. The molecule has 41 heavy (non-hydrogen) atoms. The third-order valence-electron chi connectivity index (χ3n) is 8.47. The Morgan fingerprint density at radius 2 is 1.93 bits per heavy atom. The molecule has 9 nitrogen and oxygen atoms in total. The van der Waals surface area contributed by atoms with Gasteiger partial charge in [0.15, 0.2) is 0 Å². The first-order valence-corrected chi connectivity index (χ1v) is 14.8. The summed E-state index contributed by atoms with van der Waals surface area (Å²) in [5.41, 5.74) is 7.29. The van der Waals surface area contributed by atoms with Crippen LogP contribution in [0.5, 0.6) is 0 Å². The summed E-state index contributed by atoms with van der Waals surface area (Å²) < 4.78 is 4.05. The summed E-state index contributed by atoms with van der Waals surface area (Å²) in [6.07, 6.45) is 8.33. The number of rotatable bonds is 9. The maximum Gasteiger partial charge on any atom is 0.276 e. The Morgan fingerprint density at radius 1 is 1.10 bits per heavy atom. The molecule has 0 bridgehead atoms. The van der Waals surface area contributed by atoms with E-state index in [1.165, 1.54) is 16.8 Å².